The van der Waals surface area contributed by atoms with Gasteiger partial charge in [-0.15, -0.1) is 0 Å². The highest BCUT2D eigenvalue weighted by atomic mass is 28.4. The summed E-state index contributed by atoms with van der Waals surface area (Å²) in [5.74, 6) is 0.905. The Morgan fingerprint density at radius 1 is 0.529 bits per heavy atom. The third-order valence-corrected chi connectivity index (χ3v) is 13.7. The highest BCUT2D eigenvalue weighted by Crippen LogP contribution is 2.22. The van der Waals surface area contributed by atoms with Crippen LogP contribution in [0.4, 0.5) is 0 Å². The third-order valence-electron chi connectivity index (χ3n) is 7.73. The van der Waals surface area contributed by atoms with E-state index in [0.29, 0.717) is 5.78 Å². The zero-order chi connectivity index (χ0) is 25.9. The van der Waals surface area contributed by atoms with Gasteiger partial charge in [-0.05, 0) is 38.0 Å². The first-order chi connectivity index (χ1) is 16.2. The largest absolute Gasteiger partial charge is 0.398 e. The molecule has 0 N–H and O–H groups in total. The van der Waals surface area contributed by atoms with Gasteiger partial charge in [-0.2, -0.15) is 0 Å². The predicted molar refractivity (Wildman–Crippen MR) is 149 cm³/mol. The molecule has 0 heterocycles. The molecule has 5 nitrogen and oxygen atoms in total. The molecule has 0 amide bonds. The van der Waals surface area contributed by atoms with E-state index in [1.54, 1.807) is 28.4 Å². The maximum atomic E-state index is 12.7. The lowest BCUT2D eigenvalue weighted by atomic mass is 9.88. The van der Waals surface area contributed by atoms with Crippen LogP contribution >= 0.6 is 0 Å². The summed E-state index contributed by atoms with van der Waals surface area (Å²) < 4.78 is 22.2. The SMILES string of the molecule is CO[Si](C)(CCCCCCCCC(C)C(=O)C(C)CCCCCCCC[Si](C)(OC)OC)OC. The second-order valence-electron chi connectivity index (χ2n) is 10.6. The minimum Gasteiger partial charge on any atom is -0.398 e. The average molecular weight is 519 g/mol. The van der Waals surface area contributed by atoms with Gasteiger partial charge in [0.25, 0.3) is 0 Å². The number of carbonyl (C=O) groups is 1. The van der Waals surface area contributed by atoms with Gasteiger partial charge in [-0.25, -0.2) is 0 Å². The fourth-order valence-electron chi connectivity index (χ4n) is 4.55. The summed E-state index contributed by atoms with van der Waals surface area (Å²) in [6.45, 7) is 8.54. The van der Waals surface area contributed by atoms with Crippen LogP contribution in [0.25, 0.3) is 0 Å². The molecule has 0 aliphatic rings. The summed E-state index contributed by atoms with van der Waals surface area (Å²) >= 11 is 0. The molecule has 0 bridgehead atoms. The van der Waals surface area contributed by atoms with E-state index in [1.807, 2.05) is 0 Å². The summed E-state index contributed by atoms with van der Waals surface area (Å²) in [6.07, 6.45) is 16.9. The minimum atomic E-state index is -1.89. The molecule has 0 saturated carbocycles. The number of Topliss-reactive ketones (excluding diaryl/α,β-unsaturated/α-hetero) is 1. The van der Waals surface area contributed by atoms with Gasteiger partial charge in [0.1, 0.15) is 5.78 Å². The Morgan fingerprint density at radius 2 is 0.794 bits per heavy atom. The molecule has 0 fully saturated rings. The average Bonchev–Trinajstić information content (AvgIpc) is 2.85. The normalized spacial score (nSPS) is 14.4. The Morgan fingerprint density at radius 3 is 1.09 bits per heavy atom. The van der Waals surface area contributed by atoms with E-state index in [2.05, 4.69) is 26.9 Å². The van der Waals surface area contributed by atoms with Crippen LogP contribution in [0.2, 0.25) is 25.2 Å². The standard InChI is InChI=1S/C27H58O5Si2/c1-25(21-17-13-9-11-15-19-23-33(7,29-3)30-4)27(28)26(2)22-18-14-10-12-16-20-24-34(8,31-5)32-6/h25-26H,9-24H2,1-8H3. The van der Waals surface area contributed by atoms with E-state index in [9.17, 15) is 4.79 Å². The van der Waals surface area contributed by atoms with Crippen LogP contribution in [0.1, 0.15) is 104 Å². The molecule has 0 aromatic rings. The van der Waals surface area contributed by atoms with Crippen molar-refractivity contribution in [2.75, 3.05) is 28.4 Å². The summed E-state index contributed by atoms with van der Waals surface area (Å²) in [7, 11) is 3.30. The first-order valence-corrected chi connectivity index (χ1v) is 19.0. The van der Waals surface area contributed by atoms with Crippen LogP contribution in [0, 0.1) is 11.8 Å². The van der Waals surface area contributed by atoms with Gasteiger partial charge in [0.05, 0.1) is 0 Å². The molecule has 0 spiro atoms. The van der Waals surface area contributed by atoms with Crippen LogP contribution in [0.5, 0.6) is 0 Å². The van der Waals surface area contributed by atoms with E-state index >= 15 is 0 Å². The van der Waals surface area contributed by atoms with Gasteiger partial charge in [0, 0.05) is 40.3 Å². The van der Waals surface area contributed by atoms with Crippen LogP contribution in [-0.2, 0) is 22.5 Å². The Bertz CT molecular complexity index is 453. The Labute approximate surface area is 214 Å². The molecule has 2 atom stereocenters. The zero-order valence-electron chi connectivity index (χ0n) is 24.0. The molecular weight excluding hydrogens is 460 g/mol. The van der Waals surface area contributed by atoms with Crippen molar-refractivity contribution in [1.82, 2.24) is 0 Å². The maximum absolute atomic E-state index is 12.7. The van der Waals surface area contributed by atoms with E-state index in [0.717, 1.165) is 24.9 Å². The van der Waals surface area contributed by atoms with Crippen molar-refractivity contribution in [2.24, 2.45) is 11.8 Å². The third kappa shape index (κ3) is 15.8. The van der Waals surface area contributed by atoms with Crippen molar-refractivity contribution in [2.45, 2.75) is 129 Å². The summed E-state index contributed by atoms with van der Waals surface area (Å²) in [6, 6.07) is 2.15. The van der Waals surface area contributed by atoms with E-state index < -0.39 is 17.1 Å². The summed E-state index contributed by atoms with van der Waals surface area (Å²) in [5, 5.41) is 0. The highest BCUT2D eigenvalue weighted by molar-refractivity contribution is 6.66. The van der Waals surface area contributed by atoms with Crippen molar-refractivity contribution in [1.29, 1.82) is 0 Å². The molecule has 0 aromatic carbocycles. The molecule has 0 rings (SSSR count). The number of rotatable bonds is 24. The quantitative estimate of drug-likeness (QED) is 0.0956. The fraction of sp³-hybridized carbons (Fsp3) is 0.963. The second kappa shape index (κ2) is 20.1. The fourth-order valence-corrected chi connectivity index (χ4v) is 7.49. The molecular formula is C27H58O5Si2. The first-order valence-electron chi connectivity index (χ1n) is 13.9. The Balaban J connectivity index is 3.71. The highest BCUT2D eigenvalue weighted by Gasteiger charge is 2.28. The predicted octanol–water partition coefficient (Wildman–Crippen LogP) is 8.02. The zero-order valence-corrected chi connectivity index (χ0v) is 26.0. The number of hydrogen-bond acceptors (Lipinski definition) is 5. The van der Waals surface area contributed by atoms with Gasteiger partial charge in [0.15, 0.2) is 0 Å². The van der Waals surface area contributed by atoms with E-state index in [-0.39, 0.29) is 11.8 Å². The Hall–Kier alpha value is -0.0562. The lowest BCUT2D eigenvalue weighted by molar-refractivity contribution is -0.126. The number of unbranched alkanes of at least 4 members (excludes halogenated alkanes) is 10. The lowest BCUT2D eigenvalue weighted by Gasteiger charge is -2.22. The molecule has 0 aliphatic heterocycles. The van der Waals surface area contributed by atoms with Gasteiger partial charge in [-0.1, -0.05) is 90.9 Å². The first kappa shape index (κ1) is 33.9. The lowest BCUT2D eigenvalue weighted by Crippen LogP contribution is -2.35. The van der Waals surface area contributed by atoms with Gasteiger partial charge >= 0.3 is 17.1 Å². The molecule has 0 aromatic heterocycles. The van der Waals surface area contributed by atoms with Crippen LogP contribution in [0.3, 0.4) is 0 Å². The van der Waals surface area contributed by atoms with Gasteiger partial charge in [0.2, 0.25) is 0 Å². The molecule has 0 radical (unpaired) electrons. The van der Waals surface area contributed by atoms with Crippen LogP contribution in [0.15, 0.2) is 0 Å². The van der Waals surface area contributed by atoms with Gasteiger partial charge in [-0.3, -0.25) is 4.79 Å². The van der Waals surface area contributed by atoms with E-state index in [1.165, 1.54) is 77.0 Å². The Kier molecular flexibility index (Phi) is 20.0. The van der Waals surface area contributed by atoms with Crippen molar-refractivity contribution < 1.29 is 22.5 Å². The number of ketones is 1. The number of hydrogen-bond donors (Lipinski definition) is 0. The smallest absolute Gasteiger partial charge is 0.334 e. The van der Waals surface area contributed by atoms with Gasteiger partial charge < -0.3 is 17.7 Å². The van der Waals surface area contributed by atoms with Crippen molar-refractivity contribution >= 4 is 22.9 Å². The molecule has 0 aliphatic carbocycles. The van der Waals surface area contributed by atoms with Crippen molar-refractivity contribution in [3.8, 4) is 0 Å². The molecule has 204 valence electrons. The van der Waals surface area contributed by atoms with Crippen LogP contribution in [-0.4, -0.2) is 51.3 Å². The van der Waals surface area contributed by atoms with Crippen LogP contribution < -0.4 is 0 Å². The molecule has 0 saturated heterocycles. The maximum Gasteiger partial charge on any atom is 0.334 e. The molecule has 2 unspecified atom stereocenters. The monoisotopic (exact) mass is 518 g/mol. The van der Waals surface area contributed by atoms with E-state index in [4.69, 9.17) is 17.7 Å². The molecule has 34 heavy (non-hydrogen) atoms. The van der Waals surface area contributed by atoms with Crippen molar-refractivity contribution in [3.05, 3.63) is 0 Å². The van der Waals surface area contributed by atoms with Crippen molar-refractivity contribution in [3.63, 3.8) is 0 Å². The molecule has 7 heteroatoms. The number of carbonyl (C=O) groups excluding carboxylic acids is 1. The summed E-state index contributed by atoms with van der Waals surface area (Å²) in [5.41, 5.74) is 0. The minimum absolute atomic E-state index is 0.213. The second-order valence-corrected chi connectivity index (χ2v) is 17.8. The summed E-state index contributed by atoms with van der Waals surface area (Å²) in [4.78, 5) is 12.7. The topological polar surface area (TPSA) is 54.0 Å².